The number of hydrogen-bond donors (Lipinski definition) is 1. The summed E-state index contributed by atoms with van der Waals surface area (Å²) < 4.78 is 23.6. The largest absolute Gasteiger partial charge is 0.444 e. The van der Waals surface area contributed by atoms with Gasteiger partial charge >= 0.3 is 11.7 Å². The molecule has 23 heavy (non-hydrogen) atoms. The van der Waals surface area contributed by atoms with Crippen LogP contribution in [0, 0.1) is 5.82 Å². The van der Waals surface area contributed by atoms with Crippen molar-refractivity contribution in [2.75, 3.05) is 0 Å². The second kappa shape index (κ2) is 6.16. The highest BCUT2D eigenvalue weighted by Gasteiger charge is 2.21. The molecule has 0 saturated heterocycles. The first-order valence-electron chi connectivity index (χ1n) is 6.86. The predicted molar refractivity (Wildman–Crippen MR) is 83.0 cm³/mol. The smallest absolute Gasteiger partial charge is 0.408 e. The molecule has 6 nitrogen and oxygen atoms in total. The minimum atomic E-state index is -0.757. The molecule has 1 aromatic heterocycles. The van der Waals surface area contributed by atoms with Crippen molar-refractivity contribution in [3.05, 3.63) is 39.3 Å². The monoisotopic (exact) mass is 342 g/mol. The van der Waals surface area contributed by atoms with E-state index >= 15 is 0 Å². The standard InChI is InChI=1S/C15H16ClFN2O4/c1-7(18-14(21)23-15(2,3)4)12-19-10-6-8(17)5-9(16)11(10)13(20)22-12/h5-7H,1-4H3,(H,18,21)/t7-/m0/s1. The Kier molecular flexibility index (Phi) is 4.61. The summed E-state index contributed by atoms with van der Waals surface area (Å²) in [6.07, 6.45) is -0.688. The lowest BCUT2D eigenvalue weighted by atomic mass is 10.2. The zero-order valence-electron chi connectivity index (χ0n) is 13.1. The summed E-state index contributed by atoms with van der Waals surface area (Å²) in [6, 6.07) is 1.33. The van der Waals surface area contributed by atoms with Crippen LogP contribution in [-0.2, 0) is 4.74 Å². The number of ether oxygens (including phenoxy) is 1. The first-order valence-corrected chi connectivity index (χ1v) is 7.24. The van der Waals surface area contributed by atoms with Crippen LogP contribution in [0.4, 0.5) is 9.18 Å². The number of rotatable bonds is 2. The fraction of sp³-hybridized carbons (Fsp3) is 0.400. The molecule has 1 aromatic carbocycles. The Bertz CT molecular complexity index is 813. The third kappa shape index (κ3) is 4.19. The molecule has 2 rings (SSSR count). The normalized spacial score (nSPS) is 13.0. The lowest BCUT2D eigenvalue weighted by Crippen LogP contribution is -2.34. The molecule has 1 N–H and O–H groups in total. The van der Waals surface area contributed by atoms with E-state index < -0.39 is 29.2 Å². The second-order valence-electron chi connectivity index (χ2n) is 5.99. The Morgan fingerprint density at radius 2 is 2.09 bits per heavy atom. The molecular weight excluding hydrogens is 327 g/mol. The quantitative estimate of drug-likeness (QED) is 0.902. The lowest BCUT2D eigenvalue weighted by molar-refractivity contribution is 0.0499. The van der Waals surface area contributed by atoms with Crippen molar-refractivity contribution < 1.29 is 18.3 Å². The van der Waals surface area contributed by atoms with Gasteiger partial charge in [-0.1, -0.05) is 11.6 Å². The number of aromatic nitrogens is 1. The van der Waals surface area contributed by atoms with Gasteiger partial charge in [0.25, 0.3) is 0 Å². The van der Waals surface area contributed by atoms with Crippen molar-refractivity contribution >= 4 is 28.6 Å². The molecule has 0 radical (unpaired) electrons. The summed E-state index contributed by atoms with van der Waals surface area (Å²) in [7, 11) is 0. The minimum absolute atomic E-state index is 0.0127. The van der Waals surface area contributed by atoms with Crippen LogP contribution in [-0.4, -0.2) is 16.7 Å². The van der Waals surface area contributed by atoms with Crippen molar-refractivity contribution in [1.29, 1.82) is 0 Å². The van der Waals surface area contributed by atoms with Crippen LogP contribution in [0.5, 0.6) is 0 Å². The fourth-order valence-electron chi connectivity index (χ4n) is 1.87. The van der Waals surface area contributed by atoms with E-state index in [4.69, 9.17) is 20.8 Å². The number of halogens is 2. The molecule has 0 unspecified atom stereocenters. The lowest BCUT2D eigenvalue weighted by Gasteiger charge is -2.21. The highest BCUT2D eigenvalue weighted by molar-refractivity contribution is 6.35. The van der Waals surface area contributed by atoms with Gasteiger partial charge in [-0.05, 0) is 33.8 Å². The topological polar surface area (TPSA) is 81.4 Å². The summed E-state index contributed by atoms with van der Waals surface area (Å²) in [5, 5.41) is 2.40. The fourth-order valence-corrected chi connectivity index (χ4v) is 2.15. The number of amides is 1. The number of benzene rings is 1. The van der Waals surface area contributed by atoms with E-state index in [2.05, 4.69) is 10.3 Å². The average Bonchev–Trinajstić information content (AvgIpc) is 2.34. The maximum absolute atomic E-state index is 13.4. The van der Waals surface area contributed by atoms with Gasteiger partial charge in [0.15, 0.2) is 0 Å². The maximum Gasteiger partial charge on any atom is 0.408 e. The summed E-state index contributed by atoms with van der Waals surface area (Å²) in [4.78, 5) is 27.8. The molecule has 0 aliphatic heterocycles. The van der Waals surface area contributed by atoms with Gasteiger partial charge in [0, 0.05) is 6.07 Å². The van der Waals surface area contributed by atoms with Gasteiger partial charge < -0.3 is 14.5 Å². The SMILES string of the molecule is C[C@H](NC(=O)OC(C)(C)C)c1nc2cc(F)cc(Cl)c2c(=O)o1. The molecule has 0 bridgehead atoms. The van der Waals surface area contributed by atoms with Crippen LogP contribution in [0.2, 0.25) is 5.02 Å². The zero-order chi connectivity index (χ0) is 17.4. The van der Waals surface area contributed by atoms with Crippen molar-refractivity contribution in [2.24, 2.45) is 0 Å². The van der Waals surface area contributed by atoms with Crippen molar-refractivity contribution in [1.82, 2.24) is 10.3 Å². The molecule has 8 heteroatoms. The number of alkyl carbamates (subject to hydrolysis) is 1. The highest BCUT2D eigenvalue weighted by atomic mass is 35.5. The predicted octanol–water partition coefficient (Wildman–Crippen LogP) is 3.57. The minimum Gasteiger partial charge on any atom is -0.444 e. The highest BCUT2D eigenvalue weighted by Crippen LogP contribution is 2.22. The van der Waals surface area contributed by atoms with Crippen LogP contribution < -0.4 is 10.9 Å². The second-order valence-corrected chi connectivity index (χ2v) is 6.40. The van der Waals surface area contributed by atoms with Gasteiger partial charge in [0.1, 0.15) is 22.8 Å². The molecule has 0 aliphatic rings. The molecule has 0 aliphatic carbocycles. The van der Waals surface area contributed by atoms with Crippen molar-refractivity contribution in [3.8, 4) is 0 Å². The Morgan fingerprint density at radius 1 is 1.43 bits per heavy atom. The first-order chi connectivity index (χ1) is 10.6. The molecule has 0 spiro atoms. The summed E-state index contributed by atoms with van der Waals surface area (Å²) in [5.74, 6) is -0.700. The first kappa shape index (κ1) is 17.2. The van der Waals surface area contributed by atoms with Crippen LogP contribution in [0.3, 0.4) is 0 Å². The molecule has 124 valence electrons. The van der Waals surface area contributed by atoms with Crippen LogP contribution in [0.1, 0.15) is 39.6 Å². The Morgan fingerprint density at radius 3 is 2.70 bits per heavy atom. The van der Waals surface area contributed by atoms with E-state index in [9.17, 15) is 14.0 Å². The van der Waals surface area contributed by atoms with E-state index in [-0.39, 0.29) is 21.8 Å². The van der Waals surface area contributed by atoms with Gasteiger partial charge in [-0.3, -0.25) is 0 Å². The van der Waals surface area contributed by atoms with E-state index in [1.807, 2.05) is 0 Å². The summed E-state index contributed by atoms with van der Waals surface area (Å²) >= 11 is 5.83. The zero-order valence-corrected chi connectivity index (χ0v) is 13.8. The number of hydrogen-bond acceptors (Lipinski definition) is 5. The maximum atomic E-state index is 13.4. The van der Waals surface area contributed by atoms with Crippen LogP contribution in [0.25, 0.3) is 10.9 Å². The Balaban J connectivity index is 2.33. The van der Waals surface area contributed by atoms with Gasteiger partial charge in [0.2, 0.25) is 5.89 Å². The van der Waals surface area contributed by atoms with Crippen LogP contribution in [0.15, 0.2) is 21.3 Å². The number of carbonyl (C=O) groups excluding carboxylic acids is 1. The molecular formula is C15H16ClFN2O4. The number of carbonyl (C=O) groups is 1. The molecule has 1 amide bonds. The van der Waals surface area contributed by atoms with E-state index in [0.29, 0.717) is 0 Å². The average molecular weight is 343 g/mol. The van der Waals surface area contributed by atoms with Crippen molar-refractivity contribution in [3.63, 3.8) is 0 Å². The molecule has 2 aromatic rings. The number of fused-ring (bicyclic) bond motifs is 1. The van der Waals surface area contributed by atoms with Crippen LogP contribution >= 0.6 is 11.6 Å². The van der Waals surface area contributed by atoms with Gasteiger partial charge in [-0.2, -0.15) is 0 Å². The van der Waals surface area contributed by atoms with Crippen molar-refractivity contribution in [2.45, 2.75) is 39.3 Å². The molecule has 1 heterocycles. The van der Waals surface area contributed by atoms with Gasteiger partial charge in [0.05, 0.1) is 10.5 Å². The Hall–Kier alpha value is -2.15. The number of nitrogens with zero attached hydrogens (tertiary/aromatic N) is 1. The molecule has 1 atom stereocenters. The van der Waals surface area contributed by atoms with E-state index in [0.717, 1.165) is 12.1 Å². The Labute approximate surface area is 136 Å². The van der Waals surface area contributed by atoms with Gasteiger partial charge in [-0.15, -0.1) is 0 Å². The number of nitrogens with one attached hydrogen (secondary N) is 1. The molecule has 0 saturated carbocycles. The summed E-state index contributed by atoms with van der Waals surface area (Å²) in [6.45, 7) is 6.71. The third-order valence-electron chi connectivity index (χ3n) is 2.77. The van der Waals surface area contributed by atoms with E-state index in [1.54, 1.807) is 27.7 Å². The molecule has 0 fully saturated rings. The summed E-state index contributed by atoms with van der Waals surface area (Å²) in [5.41, 5.74) is -1.37. The van der Waals surface area contributed by atoms with E-state index in [1.165, 1.54) is 0 Å². The van der Waals surface area contributed by atoms with Gasteiger partial charge in [-0.25, -0.2) is 19.0 Å². The third-order valence-corrected chi connectivity index (χ3v) is 3.07.